The van der Waals surface area contributed by atoms with Gasteiger partial charge in [0.1, 0.15) is 5.92 Å². The molecule has 5 heteroatoms. The summed E-state index contributed by atoms with van der Waals surface area (Å²) >= 11 is 0. The predicted molar refractivity (Wildman–Crippen MR) is 75.7 cm³/mol. The average molecular weight is 273 g/mol. The molecule has 0 saturated carbocycles. The molecule has 1 aromatic rings. The van der Waals surface area contributed by atoms with Crippen molar-refractivity contribution in [3.05, 3.63) is 35.9 Å². The zero-order chi connectivity index (χ0) is 15.1. The van der Waals surface area contributed by atoms with Crippen LogP contribution in [-0.2, 0) is 9.59 Å². The second kappa shape index (κ2) is 7.29. The van der Waals surface area contributed by atoms with Gasteiger partial charge >= 0.3 is 0 Å². The van der Waals surface area contributed by atoms with E-state index < -0.39 is 5.92 Å². The number of benzene rings is 1. The maximum atomic E-state index is 12.2. The van der Waals surface area contributed by atoms with Gasteiger partial charge in [-0.3, -0.25) is 9.59 Å². The van der Waals surface area contributed by atoms with Gasteiger partial charge in [0.15, 0.2) is 0 Å². The Morgan fingerprint density at radius 2 is 1.90 bits per heavy atom. The van der Waals surface area contributed by atoms with E-state index in [1.54, 1.807) is 24.3 Å². The molecule has 0 heterocycles. The maximum absolute atomic E-state index is 12.2. The number of likely N-dealkylation sites (N-methyl/N-ethyl adjacent to an activating group) is 1. The first kappa shape index (κ1) is 15.7. The van der Waals surface area contributed by atoms with Gasteiger partial charge in [-0.25, -0.2) is 0 Å². The van der Waals surface area contributed by atoms with Crippen LogP contribution in [0.25, 0.3) is 0 Å². The van der Waals surface area contributed by atoms with Crippen LogP contribution in [0.3, 0.4) is 0 Å². The fraction of sp³-hybridized carbons (Fsp3) is 0.400. The number of carbonyl (C=O) groups is 2. The Kier molecular flexibility index (Phi) is 5.73. The van der Waals surface area contributed by atoms with E-state index in [2.05, 4.69) is 5.32 Å². The van der Waals surface area contributed by atoms with Crippen molar-refractivity contribution in [3.8, 4) is 6.07 Å². The Labute approximate surface area is 119 Å². The number of nitrogens with one attached hydrogen (secondary N) is 1. The fourth-order valence-electron chi connectivity index (χ4n) is 1.80. The molecule has 1 aromatic carbocycles. The third kappa shape index (κ3) is 4.39. The van der Waals surface area contributed by atoms with Gasteiger partial charge in [0.05, 0.1) is 12.6 Å². The smallest absolute Gasteiger partial charge is 0.244 e. The minimum Gasteiger partial charge on any atom is -0.352 e. The lowest BCUT2D eigenvalue weighted by molar-refractivity contribution is -0.135. The van der Waals surface area contributed by atoms with Gasteiger partial charge in [0.2, 0.25) is 11.8 Å². The number of nitrogens with zero attached hydrogens (tertiary/aromatic N) is 2. The van der Waals surface area contributed by atoms with E-state index in [-0.39, 0.29) is 24.4 Å². The zero-order valence-corrected chi connectivity index (χ0v) is 12.0. The van der Waals surface area contributed by atoms with Crippen LogP contribution < -0.4 is 5.32 Å². The van der Waals surface area contributed by atoms with Crippen LogP contribution >= 0.6 is 0 Å². The standard InChI is InChI=1S/C15H19N3O2/c1-11(2)17-14(19)10-18(3)15(20)13(9-16)12-7-5-4-6-8-12/h4-8,11,13H,10H2,1-3H3,(H,17,19). The number of hydrogen-bond acceptors (Lipinski definition) is 3. The van der Waals surface area contributed by atoms with Crippen molar-refractivity contribution < 1.29 is 9.59 Å². The minimum absolute atomic E-state index is 0.0203. The van der Waals surface area contributed by atoms with E-state index in [0.29, 0.717) is 5.56 Å². The Morgan fingerprint density at radius 3 is 2.40 bits per heavy atom. The van der Waals surface area contributed by atoms with Gasteiger partial charge in [0.25, 0.3) is 0 Å². The van der Waals surface area contributed by atoms with Gasteiger partial charge in [-0.2, -0.15) is 5.26 Å². The third-order valence-electron chi connectivity index (χ3n) is 2.72. The lowest BCUT2D eigenvalue weighted by Crippen LogP contribution is -2.42. The van der Waals surface area contributed by atoms with Crippen LogP contribution in [0, 0.1) is 11.3 Å². The predicted octanol–water partition coefficient (Wildman–Crippen LogP) is 1.28. The van der Waals surface area contributed by atoms with Gasteiger partial charge in [-0.15, -0.1) is 0 Å². The monoisotopic (exact) mass is 273 g/mol. The number of nitriles is 1. The van der Waals surface area contributed by atoms with Crippen LogP contribution in [0.15, 0.2) is 30.3 Å². The number of carbonyl (C=O) groups excluding carboxylic acids is 2. The largest absolute Gasteiger partial charge is 0.352 e. The summed E-state index contributed by atoms with van der Waals surface area (Å²) in [6.07, 6.45) is 0. The van der Waals surface area contributed by atoms with E-state index in [4.69, 9.17) is 0 Å². The quantitative estimate of drug-likeness (QED) is 0.878. The molecule has 1 atom stereocenters. The Morgan fingerprint density at radius 1 is 1.30 bits per heavy atom. The highest BCUT2D eigenvalue weighted by atomic mass is 16.2. The molecule has 1 N–H and O–H groups in total. The molecule has 1 unspecified atom stereocenters. The topological polar surface area (TPSA) is 73.2 Å². The van der Waals surface area contributed by atoms with E-state index in [0.717, 1.165) is 0 Å². The van der Waals surface area contributed by atoms with Crippen LogP contribution in [0.1, 0.15) is 25.3 Å². The van der Waals surface area contributed by atoms with Crippen molar-refractivity contribution >= 4 is 11.8 Å². The van der Waals surface area contributed by atoms with Gasteiger partial charge in [-0.05, 0) is 19.4 Å². The summed E-state index contributed by atoms with van der Waals surface area (Å²) in [5.74, 6) is -1.49. The highest BCUT2D eigenvalue weighted by Gasteiger charge is 2.24. The minimum atomic E-state index is -0.881. The molecular weight excluding hydrogens is 254 g/mol. The Bertz CT molecular complexity index is 506. The van der Waals surface area contributed by atoms with E-state index in [9.17, 15) is 14.9 Å². The normalized spacial score (nSPS) is 11.6. The average Bonchev–Trinajstić information content (AvgIpc) is 2.39. The molecule has 20 heavy (non-hydrogen) atoms. The van der Waals surface area contributed by atoms with Crippen molar-refractivity contribution in [3.63, 3.8) is 0 Å². The van der Waals surface area contributed by atoms with Crippen molar-refractivity contribution in [2.45, 2.75) is 25.8 Å². The molecule has 0 bridgehead atoms. The van der Waals surface area contributed by atoms with Crippen molar-refractivity contribution in [1.29, 1.82) is 5.26 Å². The molecule has 0 saturated heterocycles. The number of rotatable bonds is 5. The lowest BCUT2D eigenvalue weighted by atomic mass is 9.99. The first-order valence-corrected chi connectivity index (χ1v) is 6.44. The van der Waals surface area contributed by atoms with Crippen LogP contribution in [0.4, 0.5) is 0 Å². The molecule has 0 radical (unpaired) electrons. The molecule has 2 amide bonds. The summed E-state index contributed by atoms with van der Waals surface area (Å²) in [6, 6.07) is 10.8. The highest BCUT2D eigenvalue weighted by molar-refractivity contribution is 5.90. The molecule has 5 nitrogen and oxygen atoms in total. The van der Waals surface area contributed by atoms with Gasteiger partial charge in [0, 0.05) is 13.1 Å². The van der Waals surface area contributed by atoms with E-state index >= 15 is 0 Å². The Hall–Kier alpha value is -2.35. The summed E-state index contributed by atoms with van der Waals surface area (Å²) in [5.41, 5.74) is 0.635. The Balaban J connectivity index is 2.73. The molecule has 0 aliphatic carbocycles. The summed E-state index contributed by atoms with van der Waals surface area (Å²) < 4.78 is 0. The van der Waals surface area contributed by atoms with Crippen LogP contribution in [0.5, 0.6) is 0 Å². The second-order valence-electron chi connectivity index (χ2n) is 4.89. The van der Waals surface area contributed by atoms with E-state index in [1.165, 1.54) is 11.9 Å². The molecule has 0 fully saturated rings. The number of hydrogen-bond donors (Lipinski definition) is 1. The van der Waals surface area contributed by atoms with Crippen molar-refractivity contribution in [2.75, 3.05) is 13.6 Å². The van der Waals surface area contributed by atoms with Gasteiger partial charge in [-0.1, -0.05) is 30.3 Å². The molecular formula is C15H19N3O2. The molecule has 0 aliphatic heterocycles. The molecule has 0 spiro atoms. The maximum Gasteiger partial charge on any atom is 0.244 e. The molecule has 0 aliphatic rings. The van der Waals surface area contributed by atoms with Crippen LogP contribution in [-0.4, -0.2) is 36.3 Å². The fourth-order valence-corrected chi connectivity index (χ4v) is 1.80. The molecule has 106 valence electrons. The van der Waals surface area contributed by atoms with Crippen molar-refractivity contribution in [1.82, 2.24) is 10.2 Å². The summed E-state index contributed by atoms with van der Waals surface area (Å²) in [5, 5.41) is 11.9. The first-order chi connectivity index (χ1) is 9.45. The van der Waals surface area contributed by atoms with Crippen molar-refractivity contribution in [2.24, 2.45) is 0 Å². The third-order valence-corrected chi connectivity index (χ3v) is 2.72. The molecule has 0 aromatic heterocycles. The SMILES string of the molecule is CC(C)NC(=O)CN(C)C(=O)C(C#N)c1ccccc1. The lowest BCUT2D eigenvalue weighted by Gasteiger charge is -2.20. The molecule has 1 rings (SSSR count). The zero-order valence-electron chi connectivity index (χ0n) is 12.0. The second-order valence-corrected chi connectivity index (χ2v) is 4.89. The summed E-state index contributed by atoms with van der Waals surface area (Å²) in [6.45, 7) is 3.64. The first-order valence-electron chi connectivity index (χ1n) is 6.44. The van der Waals surface area contributed by atoms with E-state index in [1.807, 2.05) is 26.0 Å². The summed E-state index contributed by atoms with van der Waals surface area (Å²) in [7, 11) is 1.52. The number of amides is 2. The summed E-state index contributed by atoms with van der Waals surface area (Å²) in [4.78, 5) is 25.1. The highest BCUT2D eigenvalue weighted by Crippen LogP contribution is 2.16. The van der Waals surface area contributed by atoms with Crippen LogP contribution in [0.2, 0.25) is 0 Å². The van der Waals surface area contributed by atoms with Gasteiger partial charge < -0.3 is 10.2 Å².